The predicted octanol–water partition coefficient (Wildman–Crippen LogP) is 2.50. The zero-order valence-electron chi connectivity index (χ0n) is 11.5. The highest BCUT2D eigenvalue weighted by Gasteiger charge is 2.20. The van der Waals surface area contributed by atoms with Crippen LogP contribution in [0.2, 0.25) is 0 Å². The first-order valence-corrected chi connectivity index (χ1v) is 7.23. The summed E-state index contributed by atoms with van der Waals surface area (Å²) in [6, 6.07) is 10.1. The molecule has 0 saturated carbocycles. The molecule has 1 saturated heterocycles. The van der Waals surface area contributed by atoms with Crippen molar-refractivity contribution in [3.8, 4) is 0 Å². The highest BCUT2D eigenvalue weighted by atomic mass is 16.4. The van der Waals surface area contributed by atoms with Crippen LogP contribution in [0.1, 0.15) is 43.2 Å². The normalized spacial score (nSPS) is 17.8. The Bertz CT molecular complexity index is 532. The van der Waals surface area contributed by atoms with Gasteiger partial charge in [0.1, 0.15) is 6.04 Å². The van der Waals surface area contributed by atoms with E-state index in [0.717, 1.165) is 18.7 Å². The van der Waals surface area contributed by atoms with Crippen LogP contribution in [0.3, 0.4) is 0 Å². The quantitative estimate of drug-likeness (QED) is 0.929. The highest BCUT2D eigenvalue weighted by molar-refractivity contribution is 5.27. The Labute approximate surface area is 118 Å². The Balaban J connectivity index is 1.76. The van der Waals surface area contributed by atoms with Crippen molar-refractivity contribution in [2.75, 3.05) is 18.0 Å². The second kappa shape index (κ2) is 6.05. The number of benzene rings is 1. The van der Waals surface area contributed by atoms with E-state index in [4.69, 9.17) is 10.2 Å². The Morgan fingerprint density at radius 1 is 1.00 bits per heavy atom. The number of hydrogen-bond acceptors (Lipinski definition) is 5. The van der Waals surface area contributed by atoms with Crippen molar-refractivity contribution in [1.29, 1.82) is 0 Å². The Morgan fingerprint density at radius 2 is 1.70 bits per heavy atom. The van der Waals surface area contributed by atoms with Gasteiger partial charge in [0.15, 0.2) is 0 Å². The molecule has 5 heteroatoms. The summed E-state index contributed by atoms with van der Waals surface area (Å²) in [4.78, 5) is 2.17. The van der Waals surface area contributed by atoms with Crippen molar-refractivity contribution >= 4 is 6.01 Å². The molecule has 0 bridgehead atoms. The summed E-state index contributed by atoms with van der Waals surface area (Å²) in [5.74, 6) is 0.482. The van der Waals surface area contributed by atoms with E-state index < -0.39 is 0 Å². The molecule has 1 aliphatic heterocycles. The molecule has 1 fully saturated rings. The molecule has 1 aromatic carbocycles. The standard InChI is InChI=1S/C15H20N4O/c16-13(12-8-4-3-5-9-12)14-17-18-15(20-14)19-10-6-1-2-7-11-19/h3-5,8-9,13H,1-2,6-7,10-11,16H2/t13-/m1/s1. The van der Waals surface area contributed by atoms with E-state index in [9.17, 15) is 0 Å². The minimum atomic E-state index is -0.357. The molecule has 1 aliphatic rings. The van der Waals surface area contributed by atoms with Crippen LogP contribution in [0.25, 0.3) is 0 Å². The number of anilines is 1. The Hall–Kier alpha value is -1.88. The van der Waals surface area contributed by atoms with Crippen molar-refractivity contribution in [1.82, 2.24) is 10.2 Å². The number of rotatable bonds is 3. The maximum atomic E-state index is 6.18. The van der Waals surface area contributed by atoms with Gasteiger partial charge in [-0.3, -0.25) is 0 Å². The summed E-state index contributed by atoms with van der Waals surface area (Å²) >= 11 is 0. The van der Waals surface area contributed by atoms with E-state index in [1.807, 2.05) is 30.3 Å². The largest absolute Gasteiger partial charge is 0.406 e. The van der Waals surface area contributed by atoms with E-state index in [1.54, 1.807) is 0 Å². The third-order valence-electron chi connectivity index (χ3n) is 3.73. The second-order valence-corrected chi connectivity index (χ2v) is 5.21. The third kappa shape index (κ3) is 2.82. The zero-order valence-corrected chi connectivity index (χ0v) is 11.5. The van der Waals surface area contributed by atoms with E-state index in [0.29, 0.717) is 11.9 Å². The summed E-state index contributed by atoms with van der Waals surface area (Å²) in [6.07, 6.45) is 4.92. The number of nitrogens with zero attached hydrogens (tertiary/aromatic N) is 3. The van der Waals surface area contributed by atoms with Gasteiger partial charge in [0.2, 0.25) is 5.89 Å². The summed E-state index contributed by atoms with van der Waals surface area (Å²) in [6.45, 7) is 1.98. The molecule has 0 radical (unpaired) electrons. The smallest absolute Gasteiger partial charge is 0.318 e. The van der Waals surface area contributed by atoms with Gasteiger partial charge in [0, 0.05) is 13.1 Å². The summed E-state index contributed by atoms with van der Waals surface area (Å²) in [5.41, 5.74) is 7.16. The van der Waals surface area contributed by atoms with Crippen LogP contribution >= 0.6 is 0 Å². The van der Waals surface area contributed by atoms with Gasteiger partial charge < -0.3 is 15.1 Å². The maximum absolute atomic E-state index is 6.18. The molecule has 0 amide bonds. The molecule has 2 N–H and O–H groups in total. The van der Waals surface area contributed by atoms with Gasteiger partial charge in [0.25, 0.3) is 0 Å². The highest BCUT2D eigenvalue weighted by Crippen LogP contribution is 2.23. The fraction of sp³-hybridized carbons (Fsp3) is 0.467. The predicted molar refractivity (Wildman–Crippen MR) is 77.5 cm³/mol. The zero-order chi connectivity index (χ0) is 13.8. The molecule has 1 atom stereocenters. The first-order valence-electron chi connectivity index (χ1n) is 7.23. The van der Waals surface area contributed by atoms with Crippen LogP contribution in [0, 0.1) is 0 Å². The molecule has 0 unspecified atom stereocenters. The van der Waals surface area contributed by atoms with Crippen LogP contribution < -0.4 is 10.6 Å². The van der Waals surface area contributed by atoms with Gasteiger partial charge in [-0.15, -0.1) is 5.10 Å². The topological polar surface area (TPSA) is 68.2 Å². The fourth-order valence-electron chi connectivity index (χ4n) is 2.54. The SMILES string of the molecule is N[C@H](c1ccccc1)c1nnc(N2CCCCCC2)o1. The molecular formula is C15H20N4O. The average molecular weight is 272 g/mol. The van der Waals surface area contributed by atoms with Gasteiger partial charge in [-0.2, -0.15) is 0 Å². The Morgan fingerprint density at radius 3 is 2.40 bits per heavy atom. The molecule has 0 aliphatic carbocycles. The minimum Gasteiger partial charge on any atom is -0.406 e. The van der Waals surface area contributed by atoms with Gasteiger partial charge in [0.05, 0.1) is 0 Å². The summed E-state index contributed by atoms with van der Waals surface area (Å²) in [5, 5.41) is 8.27. The van der Waals surface area contributed by atoms with Crippen molar-refractivity contribution in [3.63, 3.8) is 0 Å². The van der Waals surface area contributed by atoms with Crippen LogP contribution in [-0.2, 0) is 0 Å². The van der Waals surface area contributed by atoms with E-state index in [1.165, 1.54) is 25.7 Å². The van der Waals surface area contributed by atoms with Crippen molar-refractivity contribution in [3.05, 3.63) is 41.8 Å². The summed E-state index contributed by atoms with van der Waals surface area (Å²) in [7, 11) is 0. The molecule has 2 heterocycles. The molecule has 3 rings (SSSR count). The van der Waals surface area contributed by atoms with E-state index >= 15 is 0 Å². The third-order valence-corrected chi connectivity index (χ3v) is 3.73. The van der Waals surface area contributed by atoms with Crippen LogP contribution in [-0.4, -0.2) is 23.3 Å². The monoisotopic (exact) mass is 272 g/mol. The van der Waals surface area contributed by atoms with Crippen molar-refractivity contribution in [2.45, 2.75) is 31.7 Å². The molecule has 106 valence electrons. The lowest BCUT2D eigenvalue weighted by atomic mass is 10.1. The number of aromatic nitrogens is 2. The molecule has 2 aromatic rings. The second-order valence-electron chi connectivity index (χ2n) is 5.21. The first-order chi connectivity index (χ1) is 9.84. The molecule has 0 spiro atoms. The van der Waals surface area contributed by atoms with Gasteiger partial charge in [-0.05, 0) is 18.4 Å². The molecule has 1 aromatic heterocycles. The lowest BCUT2D eigenvalue weighted by molar-refractivity contribution is 0.465. The van der Waals surface area contributed by atoms with Gasteiger partial charge >= 0.3 is 6.01 Å². The summed E-state index contributed by atoms with van der Waals surface area (Å²) < 4.78 is 5.77. The van der Waals surface area contributed by atoms with Crippen LogP contribution in [0.5, 0.6) is 0 Å². The van der Waals surface area contributed by atoms with Crippen molar-refractivity contribution in [2.24, 2.45) is 5.73 Å². The van der Waals surface area contributed by atoms with E-state index in [-0.39, 0.29) is 6.04 Å². The maximum Gasteiger partial charge on any atom is 0.318 e. The van der Waals surface area contributed by atoms with Crippen LogP contribution in [0.4, 0.5) is 6.01 Å². The average Bonchev–Trinajstić information content (AvgIpc) is 2.83. The van der Waals surface area contributed by atoms with Gasteiger partial charge in [-0.25, -0.2) is 0 Å². The Kier molecular flexibility index (Phi) is 3.97. The first kappa shape index (κ1) is 13.1. The van der Waals surface area contributed by atoms with Crippen molar-refractivity contribution < 1.29 is 4.42 Å². The molecule has 5 nitrogen and oxygen atoms in total. The molecular weight excluding hydrogens is 252 g/mol. The minimum absolute atomic E-state index is 0.357. The lowest BCUT2D eigenvalue weighted by Gasteiger charge is -2.16. The van der Waals surface area contributed by atoms with Gasteiger partial charge in [-0.1, -0.05) is 48.3 Å². The lowest BCUT2D eigenvalue weighted by Crippen LogP contribution is -2.24. The fourth-order valence-corrected chi connectivity index (χ4v) is 2.54. The number of hydrogen-bond donors (Lipinski definition) is 1. The molecule has 20 heavy (non-hydrogen) atoms. The van der Waals surface area contributed by atoms with Crippen LogP contribution in [0.15, 0.2) is 34.7 Å². The van der Waals surface area contributed by atoms with E-state index in [2.05, 4.69) is 15.1 Å². The number of nitrogens with two attached hydrogens (primary N) is 1.